The van der Waals surface area contributed by atoms with Crippen LogP contribution in [-0.4, -0.2) is 23.3 Å². The summed E-state index contributed by atoms with van der Waals surface area (Å²) >= 11 is 0. The van der Waals surface area contributed by atoms with E-state index in [1.54, 1.807) is 12.5 Å². The second kappa shape index (κ2) is 4.47. The zero-order valence-electron chi connectivity index (χ0n) is 12.2. The van der Waals surface area contributed by atoms with Crippen LogP contribution in [0.3, 0.4) is 0 Å². The predicted octanol–water partition coefficient (Wildman–Crippen LogP) is 2.64. The maximum Gasteiger partial charge on any atom is 0.514 e. The molecule has 0 spiro atoms. The molecule has 2 aromatic heterocycles. The fraction of sp³-hybridized carbons (Fsp3) is 0.400. The third-order valence-electron chi connectivity index (χ3n) is 4.14. The lowest BCUT2D eigenvalue weighted by Gasteiger charge is -2.32. The molecular weight excluding hydrogens is 253 g/mol. The highest BCUT2D eigenvalue weighted by Crippen LogP contribution is 2.36. The van der Waals surface area contributed by atoms with Crippen LogP contribution in [0.25, 0.3) is 11.1 Å². The molecule has 0 amide bonds. The third-order valence-corrected chi connectivity index (χ3v) is 4.14. The summed E-state index contributed by atoms with van der Waals surface area (Å²) in [7, 11) is -0.418. The van der Waals surface area contributed by atoms with E-state index in [-0.39, 0.29) is 11.2 Å². The summed E-state index contributed by atoms with van der Waals surface area (Å²) in [5.41, 5.74) is 2.12. The van der Waals surface area contributed by atoms with Crippen molar-refractivity contribution in [2.24, 2.45) is 0 Å². The number of pyridine rings is 1. The normalized spacial score (nSPS) is 20.3. The first kappa shape index (κ1) is 13.4. The minimum atomic E-state index is -0.418. The van der Waals surface area contributed by atoms with Crippen molar-refractivity contribution in [1.82, 2.24) is 4.98 Å². The van der Waals surface area contributed by atoms with Gasteiger partial charge in [0.05, 0.1) is 29.3 Å². The van der Waals surface area contributed by atoms with Gasteiger partial charge in [0.15, 0.2) is 0 Å². The van der Waals surface area contributed by atoms with E-state index in [1.807, 2.05) is 52.1 Å². The van der Waals surface area contributed by atoms with Crippen molar-refractivity contribution in [3.8, 4) is 11.1 Å². The molecule has 0 unspecified atom stereocenters. The minimum absolute atomic E-state index is 0.345. The second-order valence-electron chi connectivity index (χ2n) is 6.07. The lowest BCUT2D eigenvalue weighted by atomic mass is 9.84. The van der Waals surface area contributed by atoms with Crippen LogP contribution < -0.4 is 5.59 Å². The van der Waals surface area contributed by atoms with Gasteiger partial charge in [0.25, 0.3) is 0 Å². The summed E-state index contributed by atoms with van der Waals surface area (Å²) in [5, 5.41) is 0. The van der Waals surface area contributed by atoms with Gasteiger partial charge < -0.3 is 13.7 Å². The fourth-order valence-electron chi connectivity index (χ4n) is 2.11. The van der Waals surface area contributed by atoms with Gasteiger partial charge in [-0.1, -0.05) is 6.07 Å². The van der Waals surface area contributed by atoms with Crippen molar-refractivity contribution < 1.29 is 13.7 Å². The number of hydrogen-bond acceptors (Lipinski definition) is 4. The number of furan rings is 1. The molecule has 3 heterocycles. The molecule has 3 rings (SSSR count). The molecule has 104 valence electrons. The van der Waals surface area contributed by atoms with Crippen LogP contribution in [-0.2, 0) is 9.31 Å². The van der Waals surface area contributed by atoms with Crippen molar-refractivity contribution in [3.05, 3.63) is 36.9 Å². The van der Waals surface area contributed by atoms with E-state index < -0.39 is 7.12 Å². The molecular formula is C15H18BNO3. The molecule has 0 radical (unpaired) electrons. The van der Waals surface area contributed by atoms with Gasteiger partial charge >= 0.3 is 7.12 Å². The zero-order chi connectivity index (χ0) is 14.4. The molecule has 0 saturated carbocycles. The monoisotopic (exact) mass is 271 g/mol. The Kier molecular flexibility index (Phi) is 2.99. The molecule has 1 aliphatic rings. The summed E-state index contributed by atoms with van der Waals surface area (Å²) in [5.74, 6) is 0. The van der Waals surface area contributed by atoms with E-state index in [0.29, 0.717) is 0 Å². The van der Waals surface area contributed by atoms with Gasteiger partial charge in [-0.3, -0.25) is 4.98 Å². The summed E-state index contributed by atoms with van der Waals surface area (Å²) < 4.78 is 17.0. The molecule has 20 heavy (non-hydrogen) atoms. The molecule has 1 aliphatic heterocycles. The second-order valence-corrected chi connectivity index (χ2v) is 6.07. The van der Waals surface area contributed by atoms with Crippen molar-refractivity contribution in [2.75, 3.05) is 0 Å². The highest BCUT2D eigenvalue weighted by molar-refractivity contribution is 6.61. The number of nitrogens with zero attached hydrogens (tertiary/aromatic N) is 1. The average molecular weight is 271 g/mol. The van der Waals surface area contributed by atoms with Crippen LogP contribution >= 0.6 is 0 Å². The van der Waals surface area contributed by atoms with Crippen LogP contribution in [0.4, 0.5) is 0 Å². The molecule has 0 aromatic carbocycles. The van der Waals surface area contributed by atoms with Crippen LogP contribution in [0, 0.1) is 0 Å². The Balaban J connectivity index is 1.83. The third kappa shape index (κ3) is 2.17. The average Bonchev–Trinajstić information content (AvgIpc) is 2.97. The van der Waals surface area contributed by atoms with E-state index >= 15 is 0 Å². The lowest BCUT2D eigenvalue weighted by Crippen LogP contribution is -2.41. The smallest absolute Gasteiger partial charge is 0.472 e. The van der Waals surface area contributed by atoms with E-state index in [4.69, 9.17) is 13.7 Å². The Hall–Kier alpha value is -1.59. The van der Waals surface area contributed by atoms with Crippen LogP contribution in [0.15, 0.2) is 41.3 Å². The van der Waals surface area contributed by atoms with Crippen LogP contribution in [0.2, 0.25) is 0 Å². The molecule has 5 heteroatoms. The predicted molar refractivity (Wildman–Crippen MR) is 77.7 cm³/mol. The number of aromatic nitrogens is 1. The lowest BCUT2D eigenvalue weighted by molar-refractivity contribution is 0.00578. The van der Waals surface area contributed by atoms with Crippen molar-refractivity contribution in [1.29, 1.82) is 0 Å². The van der Waals surface area contributed by atoms with Gasteiger partial charge in [0, 0.05) is 17.3 Å². The molecule has 0 bridgehead atoms. The maximum absolute atomic E-state index is 5.98. The van der Waals surface area contributed by atoms with E-state index in [9.17, 15) is 0 Å². The van der Waals surface area contributed by atoms with Crippen LogP contribution in [0.1, 0.15) is 27.7 Å². The Morgan fingerprint density at radius 2 is 1.65 bits per heavy atom. The van der Waals surface area contributed by atoms with Gasteiger partial charge in [-0.05, 0) is 39.8 Å². The Morgan fingerprint density at radius 3 is 2.15 bits per heavy atom. The summed E-state index contributed by atoms with van der Waals surface area (Å²) in [6, 6.07) is 5.84. The van der Waals surface area contributed by atoms with E-state index in [2.05, 4.69) is 4.98 Å². The van der Waals surface area contributed by atoms with Crippen molar-refractivity contribution in [2.45, 2.75) is 38.9 Å². The summed E-state index contributed by atoms with van der Waals surface area (Å²) in [6.07, 6.45) is 5.16. The molecule has 2 aromatic rings. The molecule has 0 N–H and O–H groups in total. The van der Waals surface area contributed by atoms with E-state index in [1.165, 1.54) is 0 Å². The fourth-order valence-corrected chi connectivity index (χ4v) is 2.11. The molecule has 0 aliphatic carbocycles. The van der Waals surface area contributed by atoms with E-state index in [0.717, 1.165) is 16.7 Å². The highest BCUT2D eigenvalue weighted by Gasteiger charge is 2.52. The summed E-state index contributed by atoms with van der Waals surface area (Å²) in [6.45, 7) is 8.14. The highest BCUT2D eigenvalue weighted by atomic mass is 16.7. The first-order valence-electron chi connectivity index (χ1n) is 6.73. The van der Waals surface area contributed by atoms with Gasteiger partial charge in [-0.2, -0.15) is 0 Å². The van der Waals surface area contributed by atoms with Gasteiger partial charge in [-0.15, -0.1) is 0 Å². The zero-order valence-corrected chi connectivity index (χ0v) is 12.2. The topological polar surface area (TPSA) is 44.5 Å². The first-order chi connectivity index (χ1) is 9.39. The Morgan fingerprint density at radius 1 is 0.950 bits per heavy atom. The standard InChI is InChI=1S/C15H18BNO3/c1-14(2)15(3,4)20-16(19-14)13-6-5-11(9-17-13)12-7-8-18-10-12/h5-10H,1-4H3. The molecule has 4 nitrogen and oxygen atoms in total. The number of hydrogen-bond donors (Lipinski definition) is 0. The van der Waals surface area contributed by atoms with Gasteiger partial charge in [0.1, 0.15) is 0 Å². The SMILES string of the molecule is CC1(C)OB(c2ccc(-c3ccoc3)cn2)OC1(C)C. The van der Waals surface area contributed by atoms with Gasteiger partial charge in [-0.25, -0.2) is 0 Å². The molecule has 1 fully saturated rings. The maximum atomic E-state index is 5.98. The number of rotatable bonds is 2. The molecule has 1 saturated heterocycles. The van der Waals surface area contributed by atoms with Crippen molar-refractivity contribution >= 4 is 12.7 Å². The largest absolute Gasteiger partial charge is 0.514 e. The van der Waals surface area contributed by atoms with Gasteiger partial charge in [0.2, 0.25) is 0 Å². The Bertz CT molecular complexity index is 574. The quantitative estimate of drug-likeness (QED) is 0.787. The molecule has 0 atom stereocenters. The minimum Gasteiger partial charge on any atom is -0.472 e. The Labute approximate surface area is 119 Å². The van der Waals surface area contributed by atoms with Crippen LogP contribution in [0.5, 0.6) is 0 Å². The first-order valence-corrected chi connectivity index (χ1v) is 6.73. The van der Waals surface area contributed by atoms with Crippen molar-refractivity contribution in [3.63, 3.8) is 0 Å². The summed E-state index contributed by atoms with van der Waals surface area (Å²) in [4.78, 5) is 4.46.